The number of aromatic nitrogens is 2. The molecule has 6 heteroatoms. The third-order valence-corrected chi connectivity index (χ3v) is 5.74. The zero-order valence-corrected chi connectivity index (χ0v) is 16.5. The molecule has 1 aromatic heterocycles. The van der Waals surface area contributed by atoms with Crippen LogP contribution in [0, 0.1) is 6.92 Å². The minimum Gasteiger partial charge on any atom is -0.497 e. The predicted molar refractivity (Wildman–Crippen MR) is 106 cm³/mol. The van der Waals surface area contributed by atoms with Gasteiger partial charge in [-0.1, -0.05) is 42.3 Å². The minimum absolute atomic E-state index is 0.0165. The van der Waals surface area contributed by atoms with Crippen LogP contribution in [-0.2, 0) is 10.3 Å². The average Bonchev–Trinajstić information content (AvgIpc) is 3.36. The molecule has 0 spiro atoms. The summed E-state index contributed by atoms with van der Waals surface area (Å²) in [6.45, 7) is 3.71. The number of aryl methyl sites for hydroxylation is 1. The number of carbonyl (C=O) groups is 1. The zero-order valence-electron chi connectivity index (χ0n) is 16.5. The molecular weight excluding hydrogens is 354 g/mol. The summed E-state index contributed by atoms with van der Waals surface area (Å²) in [5.74, 6) is 1.64. The zero-order chi connectivity index (χ0) is 19.7. The summed E-state index contributed by atoms with van der Waals surface area (Å²) in [7, 11) is 1.66. The van der Waals surface area contributed by atoms with E-state index in [1.165, 1.54) is 0 Å². The topological polar surface area (TPSA) is 77.2 Å². The maximum Gasteiger partial charge on any atom is 0.228 e. The van der Waals surface area contributed by atoms with Gasteiger partial charge >= 0.3 is 0 Å². The Morgan fingerprint density at radius 2 is 1.89 bits per heavy atom. The van der Waals surface area contributed by atoms with E-state index >= 15 is 0 Å². The number of hydrogen-bond donors (Lipinski definition) is 1. The average molecular weight is 379 g/mol. The van der Waals surface area contributed by atoms with Crippen LogP contribution in [0.2, 0.25) is 0 Å². The van der Waals surface area contributed by atoms with Crippen molar-refractivity contribution in [3.05, 3.63) is 53.7 Å². The van der Waals surface area contributed by atoms with E-state index in [-0.39, 0.29) is 11.8 Å². The highest BCUT2D eigenvalue weighted by molar-refractivity contribution is 5.88. The molecule has 146 valence electrons. The maximum absolute atomic E-state index is 13.1. The standard InChI is InChI=1S/C22H25N3O3/c1-14(16-6-7-18-13-19(27-3)9-8-17(18)12-16)20(26)24-22(10-4-5-11-22)21-23-15(2)28-25-21/h6-9,12-14H,4-5,10-11H2,1-3H3,(H,24,26)/t14-/m0/s1. The molecule has 1 atom stereocenters. The van der Waals surface area contributed by atoms with Gasteiger partial charge in [-0.25, -0.2) is 0 Å². The van der Waals surface area contributed by atoms with Gasteiger partial charge in [-0.05, 0) is 48.2 Å². The summed E-state index contributed by atoms with van der Waals surface area (Å²) in [5, 5.41) is 9.52. The summed E-state index contributed by atoms with van der Waals surface area (Å²) in [6.07, 6.45) is 3.75. The third kappa shape index (κ3) is 3.35. The number of carbonyl (C=O) groups excluding carboxylic acids is 1. The van der Waals surface area contributed by atoms with Crippen molar-refractivity contribution < 1.29 is 14.1 Å². The number of benzene rings is 2. The summed E-state index contributed by atoms with van der Waals surface area (Å²) < 4.78 is 10.5. The molecule has 2 aromatic carbocycles. The van der Waals surface area contributed by atoms with Gasteiger partial charge in [0.25, 0.3) is 0 Å². The van der Waals surface area contributed by atoms with Gasteiger partial charge in [0, 0.05) is 6.92 Å². The highest BCUT2D eigenvalue weighted by Gasteiger charge is 2.42. The lowest BCUT2D eigenvalue weighted by Crippen LogP contribution is -2.46. The molecule has 6 nitrogen and oxygen atoms in total. The van der Waals surface area contributed by atoms with E-state index in [2.05, 4.69) is 21.5 Å². The number of rotatable bonds is 5. The van der Waals surface area contributed by atoms with Crippen LogP contribution in [0.4, 0.5) is 0 Å². The lowest BCUT2D eigenvalue weighted by atomic mass is 9.92. The van der Waals surface area contributed by atoms with Crippen LogP contribution >= 0.6 is 0 Å². The normalized spacial score (nSPS) is 16.8. The maximum atomic E-state index is 13.1. The van der Waals surface area contributed by atoms with E-state index in [1.807, 2.05) is 37.3 Å². The van der Waals surface area contributed by atoms with Crippen LogP contribution in [0.25, 0.3) is 10.8 Å². The molecule has 0 radical (unpaired) electrons. The van der Waals surface area contributed by atoms with E-state index < -0.39 is 5.54 Å². The van der Waals surface area contributed by atoms with Gasteiger partial charge < -0.3 is 14.6 Å². The quantitative estimate of drug-likeness (QED) is 0.718. The Kier molecular flexibility index (Phi) is 4.79. The Morgan fingerprint density at radius 1 is 1.18 bits per heavy atom. The van der Waals surface area contributed by atoms with Crippen LogP contribution in [0.15, 0.2) is 40.9 Å². The second-order valence-electron chi connectivity index (χ2n) is 7.61. The van der Waals surface area contributed by atoms with Gasteiger partial charge in [0.15, 0.2) is 5.82 Å². The molecule has 28 heavy (non-hydrogen) atoms. The first-order valence-corrected chi connectivity index (χ1v) is 9.71. The van der Waals surface area contributed by atoms with Crippen molar-refractivity contribution in [3.8, 4) is 5.75 Å². The van der Waals surface area contributed by atoms with Crippen molar-refractivity contribution in [1.29, 1.82) is 0 Å². The molecule has 1 amide bonds. The van der Waals surface area contributed by atoms with Crippen molar-refractivity contribution in [2.75, 3.05) is 7.11 Å². The molecule has 0 unspecified atom stereocenters. The van der Waals surface area contributed by atoms with Crippen LogP contribution in [-0.4, -0.2) is 23.2 Å². The smallest absolute Gasteiger partial charge is 0.228 e. The van der Waals surface area contributed by atoms with Gasteiger partial charge in [-0.2, -0.15) is 4.98 Å². The van der Waals surface area contributed by atoms with Crippen LogP contribution in [0.1, 0.15) is 55.8 Å². The van der Waals surface area contributed by atoms with E-state index in [0.717, 1.165) is 47.8 Å². The van der Waals surface area contributed by atoms with Crippen molar-refractivity contribution in [1.82, 2.24) is 15.5 Å². The lowest BCUT2D eigenvalue weighted by molar-refractivity contribution is -0.124. The molecule has 4 rings (SSSR count). The molecule has 1 N–H and O–H groups in total. The molecule has 1 fully saturated rings. The fraction of sp³-hybridized carbons (Fsp3) is 0.409. The van der Waals surface area contributed by atoms with Crippen molar-refractivity contribution in [3.63, 3.8) is 0 Å². The van der Waals surface area contributed by atoms with E-state index in [0.29, 0.717) is 11.7 Å². The molecule has 1 aliphatic rings. The number of fused-ring (bicyclic) bond motifs is 1. The Morgan fingerprint density at radius 3 is 2.57 bits per heavy atom. The lowest BCUT2D eigenvalue weighted by Gasteiger charge is -2.28. The van der Waals surface area contributed by atoms with E-state index in [9.17, 15) is 4.79 Å². The van der Waals surface area contributed by atoms with Crippen LogP contribution in [0.5, 0.6) is 5.75 Å². The molecular formula is C22H25N3O3. The minimum atomic E-state index is -0.521. The van der Waals surface area contributed by atoms with Gasteiger partial charge in [0.05, 0.1) is 13.0 Å². The van der Waals surface area contributed by atoms with Gasteiger partial charge in [-0.15, -0.1) is 0 Å². The molecule has 0 saturated heterocycles. The molecule has 1 aliphatic carbocycles. The van der Waals surface area contributed by atoms with Gasteiger partial charge in [0.1, 0.15) is 11.3 Å². The molecule has 1 saturated carbocycles. The Labute approximate surface area is 164 Å². The third-order valence-electron chi connectivity index (χ3n) is 5.74. The van der Waals surface area contributed by atoms with Crippen molar-refractivity contribution in [2.24, 2.45) is 0 Å². The van der Waals surface area contributed by atoms with Crippen molar-refractivity contribution in [2.45, 2.75) is 51.0 Å². The Balaban J connectivity index is 1.58. The van der Waals surface area contributed by atoms with E-state index in [1.54, 1.807) is 14.0 Å². The first-order chi connectivity index (χ1) is 13.5. The molecule has 3 aromatic rings. The summed E-state index contributed by atoms with van der Waals surface area (Å²) in [4.78, 5) is 17.5. The second kappa shape index (κ2) is 7.26. The number of ether oxygens (including phenoxy) is 1. The van der Waals surface area contributed by atoms with Crippen molar-refractivity contribution >= 4 is 16.7 Å². The number of amides is 1. The SMILES string of the molecule is COc1ccc2cc([C@H](C)C(=O)NC3(c4noc(C)n4)CCCC3)ccc2c1. The van der Waals surface area contributed by atoms with Crippen LogP contribution in [0.3, 0.4) is 0 Å². The fourth-order valence-electron chi connectivity index (χ4n) is 4.01. The largest absolute Gasteiger partial charge is 0.497 e. The molecule has 1 heterocycles. The van der Waals surface area contributed by atoms with Gasteiger partial charge in [-0.3, -0.25) is 4.79 Å². The Bertz CT molecular complexity index is 1010. The number of methoxy groups -OCH3 is 1. The number of hydrogen-bond acceptors (Lipinski definition) is 5. The number of nitrogens with zero attached hydrogens (tertiary/aromatic N) is 2. The predicted octanol–water partition coefficient (Wildman–Crippen LogP) is 4.23. The highest BCUT2D eigenvalue weighted by Crippen LogP contribution is 2.38. The van der Waals surface area contributed by atoms with Crippen LogP contribution < -0.4 is 10.1 Å². The highest BCUT2D eigenvalue weighted by atomic mass is 16.5. The second-order valence-corrected chi connectivity index (χ2v) is 7.61. The summed E-state index contributed by atoms with van der Waals surface area (Å²) >= 11 is 0. The fourth-order valence-corrected chi connectivity index (χ4v) is 4.01. The number of nitrogens with one attached hydrogen (secondary N) is 1. The monoisotopic (exact) mass is 379 g/mol. The molecule has 0 aliphatic heterocycles. The molecule has 0 bridgehead atoms. The Hall–Kier alpha value is -2.89. The summed E-state index contributed by atoms with van der Waals surface area (Å²) in [5.41, 5.74) is 0.459. The van der Waals surface area contributed by atoms with Gasteiger partial charge in [0.2, 0.25) is 11.8 Å². The van der Waals surface area contributed by atoms with E-state index in [4.69, 9.17) is 9.26 Å². The summed E-state index contributed by atoms with van der Waals surface area (Å²) in [6, 6.07) is 12.1. The first kappa shape index (κ1) is 18.5. The first-order valence-electron chi connectivity index (χ1n) is 9.71.